The Morgan fingerprint density at radius 1 is 0.968 bits per heavy atom. The summed E-state index contributed by atoms with van der Waals surface area (Å²) in [5.41, 5.74) is 2.45. The van der Waals surface area contributed by atoms with Crippen LogP contribution in [0.2, 0.25) is 0 Å². The lowest BCUT2D eigenvalue weighted by Gasteiger charge is -2.29. The third-order valence-electron chi connectivity index (χ3n) is 3.53. The normalized spacial score (nSPS) is 12.4. The minimum atomic E-state index is -0.981. The van der Waals surface area contributed by atoms with Gasteiger partial charge in [-0.2, -0.15) is 21.0 Å². The van der Waals surface area contributed by atoms with Gasteiger partial charge in [-0.25, -0.2) is 4.79 Å². The van der Waals surface area contributed by atoms with Crippen molar-refractivity contribution in [2.24, 2.45) is 5.41 Å². The molecule has 0 heterocycles. The summed E-state index contributed by atoms with van der Waals surface area (Å²) in [5, 5.41) is 53.1. The van der Waals surface area contributed by atoms with Gasteiger partial charge < -0.3 is 15.3 Å². The van der Waals surface area contributed by atoms with Crippen LogP contribution in [0.3, 0.4) is 0 Å². The van der Waals surface area contributed by atoms with Gasteiger partial charge in [-0.3, -0.25) is 4.79 Å². The van der Waals surface area contributed by atoms with Crippen molar-refractivity contribution in [3.05, 3.63) is 23.8 Å². The number of carbonyl (C=O) groups excluding carboxylic acids is 1. The Kier molecular flexibility index (Phi) is 27.7. The highest BCUT2D eigenvalue weighted by Crippen LogP contribution is 2.36. The monoisotopic (exact) mass is 432 g/mol. The molecule has 0 saturated heterocycles. The van der Waals surface area contributed by atoms with E-state index in [1.807, 2.05) is 6.92 Å². The quantitative estimate of drug-likeness (QED) is 0.432. The van der Waals surface area contributed by atoms with Crippen LogP contribution in [0.4, 0.5) is 0 Å². The minimum absolute atomic E-state index is 0.195. The number of hydrogen-bond donors (Lipinski definition) is 3. The first-order valence-electron chi connectivity index (χ1n) is 9.27. The van der Waals surface area contributed by atoms with Gasteiger partial charge in [0.15, 0.2) is 30.1 Å². The number of ketones is 1. The molecule has 9 heteroatoms. The predicted molar refractivity (Wildman–Crippen MR) is 115 cm³/mol. The van der Waals surface area contributed by atoms with Gasteiger partial charge in [0, 0.05) is 25.7 Å². The number of carbonyl (C=O) groups is 2. The van der Waals surface area contributed by atoms with E-state index in [2.05, 4.69) is 27.4 Å². The van der Waals surface area contributed by atoms with Crippen LogP contribution in [0.25, 0.3) is 0 Å². The van der Waals surface area contributed by atoms with Crippen LogP contribution >= 0.6 is 0 Å². The molecule has 1 rings (SSSR count). The van der Waals surface area contributed by atoms with E-state index >= 15 is 0 Å². The third-order valence-corrected chi connectivity index (χ3v) is 3.53. The first-order valence-corrected chi connectivity index (χ1v) is 9.27. The highest BCUT2D eigenvalue weighted by atomic mass is 16.4. The fourth-order valence-corrected chi connectivity index (χ4v) is 2.12. The maximum atomic E-state index is 11.4. The van der Waals surface area contributed by atoms with E-state index in [0.717, 1.165) is 43.8 Å². The first-order chi connectivity index (χ1) is 14.4. The maximum Gasteiger partial charge on any atom is 0.327 e. The number of nitriles is 4. The molecule has 31 heavy (non-hydrogen) atoms. The van der Waals surface area contributed by atoms with Gasteiger partial charge in [0.05, 0.1) is 0 Å². The van der Waals surface area contributed by atoms with Crippen molar-refractivity contribution in [2.45, 2.75) is 59.8 Å². The predicted octanol–water partition coefficient (Wildman–Crippen LogP) is 3.18. The molecule has 0 bridgehead atoms. The Morgan fingerprint density at radius 3 is 1.55 bits per heavy atom. The largest absolute Gasteiger partial charge is 0.478 e. The van der Waals surface area contributed by atoms with Crippen molar-refractivity contribution in [1.82, 2.24) is 0 Å². The molecule has 0 unspecified atom stereocenters. The standard InChI is InChI=1S/C10H16O.C5H12O2.C3H4O2.2C2N2/c1-7-5-10(3,4)6-9(11)8(7)2;6-4-2-1-3-5-7;1-2-3(4)5;2*3-1-2-4/h5-6H2,1-4H3;6-7H,1-5H2;2H,1H2,(H,4,5);;. The van der Waals surface area contributed by atoms with E-state index < -0.39 is 5.97 Å². The fourth-order valence-electron chi connectivity index (χ4n) is 2.12. The van der Waals surface area contributed by atoms with Gasteiger partial charge in [-0.15, -0.1) is 0 Å². The Bertz CT molecular complexity index is 677. The summed E-state index contributed by atoms with van der Waals surface area (Å²) in [4.78, 5) is 20.6. The number of aliphatic carboxylic acids is 1. The third kappa shape index (κ3) is 31.4. The maximum absolute atomic E-state index is 11.4. The molecule has 1 aliphatic rings. The second kappa shape index (κ2) is 24.5. The molecule has 0 aromatic heterocycles. The summed E-state index contributed by atoms with van der Waals surface area (Å²) in [7, 11) is 0. The Labute approximate surface area is 184 Å². The van der Waals surface area contributed by atoms with Crippen molar-refractivity contribution in [2.75, 3.05) is 13.2 Å². The lowest BCUT2D eigenvalue weighted by Crippen LogP contribution is -2.23. The van der Waals surface area contributed by atoms with Gasteiger partial charge in [-0.05, 0) is 50.5 Å². The summed E-state index contributed by atoms with van der Waals surface area (Å²) >= 11 is 0. The summed E-state index contributed by atoms with van der Waals surface area (Å²) < 4.78 is 0. The molecular formula is C22H32N4O5. The van der Waals surface area contributed by atoms with Crippen molar-refractivity contribution in [3.63, 3.8) is 0 Å². The molecule has 0 aromatic rings. The highest BCUT2D eigenvalue weighted by molar-refractivity contribution is 5.96. The van der Waals surface area contributed by atoms with Crippen LogP contribution in [-0.4, -0.2) is 40.3 Å². The van der Waals surface area contributed by atoms with Crippen molar-refractivity contribution >= 4 is 11.8 Å². The zero-order valence-electron chi connectivity index (χ0n) is 18.7. The lowest BCUT2D eigenvalue weighted by atomic mass is 9.74. The minimum Gasteiger partial charge on any atom is -0.478 e. The Morgan fingerprint density at radius 2 is 1.32 bits per heavy atom. The summed E-state index contributed by atoms with van der Waals surface area (Å²) in [6.07, 6.45) is 5.20. The van der Waals surface area contributed by atoms with Crippen LogP contribution in [-0.2, 0) is 9.59 Å². The van der Waals surface area contributed by atoms with Gasteiger partial charge in [0.25, 0.3) is 0 Å². The van der Waals surface area contributed by atoms with Crippen molar-refractivity contribution in [1.29, 1.82) is 21.0 Å². The summed E-state index contributed by atoms with van der Waals surface area (Å²) in [6.45, 7) is 11.8. The number of carboxylic acid groups (broad SMARTS) is 1. The number of unbranched alkanes of at least 4 members (excludes halogenated alkanes) is 2. The number of nitrogens with zero attached hydrogens (tertiary/aromatic N) is 4. The smallest absolute Gasteiger partial charge is 0.327 e. The molecule has 9 nitrogen and oxygen atoms in total. The zero-order valence-corrected chi connectivity index (χ0v) is 18.7. The number of allylic oxidation sites excluding steroid dienone is 2. The molecule has 0 spiro atoms. The van der Waals surface area contributed by atoms with Crippen molar-refractivity contribution in [3.8, 4) is 24.3 Å². The van der Waals surface area contributed by atoms with Crippen LogP contribution in [0, 0.1) is 50.7 Å². The van der Waals surface area contributed by atoms with E-state index in [9.17, 15) is 9.59 Å². The van der Waals surface area contributed by atoms with Crippen LogP contribution in [0.5, 0.6) is 0 Å². The van der Waals surface area contributed by atoms with Gasteiger partial charge in [-0.1, -0.05) is 26.0 Å². The molecule has 0 radical (unpaired) electrons. The van der Waals surface area contributed by atoms with Gasteiger partial charge in [0.1, 0.15) is 0 Å². The average Bonchev–Trinajstić information content (AvgIpc) is 2.73. The first kappa shape index (κ1) is 35.0. The van der Waals surface area contributed by atoms with E-state index in [0.29, 0.717) is 5.78 Å². The van der Waals surface area contributed by atoms with Gasteiger partial charge >= 0.3 is 5.97 Å². The number of carboxylic acids is 1. The molecule has 170 valence electrons. The molecule has 0 aliphatic heterocycles. The SMILES string of the molecule is C=CC(=O)O.CC1=C(C)C(=O)CC(C)(C)C1.N#CC#N.N#CC#N.OCCCCCO. The Balaban J connectivity index is -0.000000159. The van der Waals surface area contributed by atoms with Crippen LogP contribution in [0.1, 0.15) is 59.8 Å². The summed E-state index contributed by atoms with van der Waals surface area (Å²) in [5.74, 6) is -0.649. The number of hydrogen-bond acceptors (Lipinski definition) is 8. The van der Waals surface area contributed by atoms with E-state index in [1.165, 1.54) is 29.8 Å². The van der Waals surface area contributed by atoms with E-state index in [4.69, 9.17) is 36.4 Å². The number of aliphatic hydroxyl groups excluding tert-OH is 2. The molecule has 3 N–H and O–H groups in total. The molecule has 0 atom stereocenters. The average molecular weight is 433 g/mol. The highest BCUT2D eigenvalue weighted by Gasteiger charge is 2.28. The number of rotatable bonds is 5. The molecule has 0 saturated carbocycles. The topological polar surface area (TPSA) is 190 Å². The van der Waals surface area contributed by atoms with Crippen LogP contribution in [0.15, 0.2) is 23.8 Å². The molecule has 0 fully saturated rings. The molecule has 0 amide bonds. The Hall–Kier alpha value is -3.50. The summed E-state index contributed by atoms with van der Waals surface area (Å²) in [6, 6.07) is 4.94. The zero-order chi connectivity index (χ0) is 25.3. The van der Waals surface area contributed by atoms with Crippen molar-refractivity contribution < 1.29 is 24.9 Å². The van der Waals surface area contributed by atoms with Crippen LogP contribution < -0.4 is 0 Å². The molecule has 0 aromatic carbocycles. The fraction of sp³-hybridized carbons (Fsp3) is 0.545. The van der Waals surface area contributed by atoms with Gasteiger partial charge in [0.2, 0.25) is 0 Å². The second-order valence-corrected chi connectivity index (χ2v) is 6.84. The number of aliphatic hydroxyl groups is 2. The second-order valence-electron chi connectivity index (χ2n) is 6.84. The van der Waals surface area contributed by atoms with E-state index in [-0.39, 0.29) is 18.6 Å². The molecule has 1 aliphatic carbocycles. The lowest BCUT2D eigenvalue weighted by molar-refractivity contribution is -0.131. The number of Topliss-reactive ketones (excluding diaryl/α,β-unsaturated/α-hetero) is 1. The molecular weight excluding hydrogens is 400 g/mol. The van der Waals surface area contributed by atoms with E-state index in [1.54, 1.807) is 0 Å².